The Labute approximate surface area is 121 Å². The van der Waals surface area contributed by atoms with Gasteiger partial charge in [0.2, 0.25) is 12.7 Å². The van der Waals surface area contributed by atoms with Gasteiger partial charge in [0.25, 0.3) is 0 Å². The zero-order valence-electron chi connectivity index (χ0n) is 11.3. The number of aromatic nitrogens is 1. The maximum absolute atomic E-state index is 9.27. The SMILES string of the molecule is N#Cc1cc2c(nc1Oc1ccc3c(c1)OCO3)CCC2. The molecule has 0 amide bonds. The molecule has 104 valence electrons. The van der Waals surface area contributed by atoms with Crippen molar-refractivity contribution in [2.24, 2.45) is 0 Å². The second kappa shape index (κ2) is 4.67. The van der Waals surface area contributed by atoms with Crippen LogP contribution in [0.2, 0.25) is 0 Å². The molecule has 21 heavy (non-hydrogen) atoms. The molecule has 4 rings (SSSR count). The molecule has 0 saturated carbocycles. The van der Waals surface area contributed by atoms with Crippen molar-refractivity contribution < 1.29 is 14.2 Å². The Bertz CT molecular complexity index is 765. The van der Waals surface area contributed by atoms with Crippen LogP contribution in [0.1, 0.15) is 23.2 Å². The van der Waals surface area contributed by atoms with Crippen molar-refractivity contribution in [2.45, 2.75) is 19.3 Å². The Morgan fingerprint density at radius 3 is 2.95 bits per heavy atom. The Balaban J connectivity index is 1.69. The quantitative estimate of drug-likeness (QED) is 0.846. The van der Waals surface area contributed by atoms with Crippen molar-refractivity contribution in [1.29, 1.82) is 5.26 Å². The van der Waals surface area contributed by atoms with Crippen LogP contribution in [0.3, 0.4) is 0 Å². The third-order valence-electron chi connectivity index (χ3n) is 3.69. The lowest BCUT2D eigenvalue weighted by atomic mass is 10.1. The zero-order chi connectivity index (χ0) is 14.2. The Hall–Kier alpha value is -2.74. The van der Waals surface area contributed by atoms with Gasteiger partial charge in [-0.2, -0.15) is 5.26 Å². The van der Waals surface area contributed by atoms with E-state index in [1.165, 1.54) is 0 Å². The largest absolute Gasteiger partial charge is 0.454 e. The van der Waals surface area contributed by atoms with Gasteiger partial charge in [0, 0.05) is 11.8 Å². The van der Waals surface area contributed by atoms with E-state index < -0.39 is 0 Å². The number of aryl methyl sites for hydroxylation is 2. The summed E-state index contributed by atoms with van der Waals surface area (Å²) in [6.45, 7) is 0.222. The second-order valence-corrected chi connectivity index (χ2v) is 5.03. The lowest BCUT2D eigenvalue weighted by Crippen LogP contribution is -1.97. The van der Waals surface area contributed by atoms with Gasteiger partial charge in [-0.25, -0.2) is 4.98 Å². The number of fused-ring (bicyclic) bond motifs is 2. The van der Waals surface area contributed by atoms with Crippen LogP contribution in [0.4, 0.5) is 0 Å². The third kappa shape index (κ3) is 2.05. The highest BCUT2D eigenvalue weighted by atomic mass is 16.7. The molecule has 5 nitrogen and oxygen atoms in total. The van der Waals surface area contributed by atoms with Crippen molar-refractivity contribution in [3.05, 3.63) is 41.1 Å². The summed E-state index contributed by atoms with van der Waals surface area (Å²) in [5, 5.41) is 9.27. The smallest absolute Gasteiger partial charge is 0.237 e. The summed E-state index contributed by atoms with van der Waals surface area (Å²) in [5.74, 6) is 2.29. The fourth-order valence-corrected chi connectivity index (χ4v) is 2.66. The molecule has 1 aliphatic heterocycles. The molecule has 0 fully saturated rings. The molecular formula is C16H12N2O3. The molecule has 5 heteroatoms. The highest BCUT2D eigenvalue weighted by molar-refractivity contribution is 5.50. The summed E-state index contributed by atoms with van der Waals surface area (Å²) < 4.78 is 16.4. The van der Waals surface area contributed by atoms with E-state index in [1.807, 2.05) is 6.07 Å². The minimum atomic E-state index is 0.222. The number of nitriles is 1. The normalized spacial score (nSPS) is 14.6. The number of benzene rings is 1. The molecule has 0 atom stereocenters. The number of rotatable bonds is 2. The molecule has 0 bridgehead atoms. The van der Waals surface area contributed by atoms with E-state index in [0.717, 1.165) is 30.5 Å². The van der Waals surface area contributed by atoms with Crippen LogP contribution in [0.5, 0.6) is 23.1 Å². The van der Waals surface area contributed by atoms with Crippen molar-refractivity contribution in [3.63, 3.8) is 0 Å². The first-order chi connectivity index (χ1) is 10.3. The van der Waals surface area contributed by atoms with E-state index in [1.54, 1.807) is 18.2 Å². The average Bonchev–Trinajstić information content (AvgIpc) is 3.13. The van der Waals surface area contributed by atoms with Gasteiger partial charge in [-0.1, -0.05) is 0 Å². The molecule has 2 aliphatic rings. The Kier molecular flexibility index (Phi) is 2.68. The molecule has 2 heterocycles. The number of nitrogens with zero attached hydrogens (tertiary/aromatic N) is 2. The standard InChI is InChI=1S/C16H12N2O3/c17-8-11-6-10-2-1-3-13(10)18-16(11)21-12-4-5-14-15(7-12)20-9-19-14/h4-7H,1-3,9H2. The molecule has 0 unspecified atom stereocenters. The maximum atomic E-state index is 9.27. The second-order valence-electron chi connectivity index (χ2n) is 5.03. The fraction of sp³-hybridized carbons (Fsp3) is 0.250. The Morgan fingerprint density at radius 1 is 1.14 bits per heavy atom. The van der Waals surface area contributed by atoms with E-state index in [4.69, 9.17) is 14.2 Å². The van der Waals surface area contributed by atoms with E-state index in [2.05, 4.69) is 11.1 Å². The highest BCUT2D eigenvalue weighted by Gasteiger charge is 2.19. The molecule has 0 N–H and O–H groups in total. The van der Waals surface area contributed by atoms with Crippen molar-refractivity contribution >= 4 is 0 Å². The number of hydrogen-bond donors (Lipinski definition) is 0. The van der Waals surface area contributed by atoms with Crippen LogP contribution >= 0.6 is 0 Å². The van der Waals surface area contributed by atoms with Crippen molar-refractivity contribution in [2.75, 3.05) is 6.79 Å². The van der Waals surface area contributed by atoms with Gasteiger partial charge in [0.1, 0.15) is 17.4 Å². The predicted octanol–water partition coefficient (Wildman–Crippen LogP) is 2.96. The van der Waals surface area contributed by atoms with Crippen LogP contribution in [0, 0.1) is 11.3 Å². The first-order valence-corrected chi connectivity index (χ1v) is 6.84. The molecule has 1 aromatic carbocycles. The van der Waals surface area contributed by atoms with Gasteiger partial charge in [-0.05, 0) is 43.0 Å². The monoisotopic (exact) mass is 280 g/mol. The minimum Gasteiger partial charge on any atom is -0.454 e. The number of hydrogen-bond acceptors (Lipinski definition) is 5. The summed E-state index contributed by atoms with van der Waals surface area (Å²) in [4.78, 5) is 4.50. The lowest BCUT2D eigenvalue weighted by Gasteiger charge is -2.09. The van der Waals surface area contributed by atoms with Gasteiger partial charge in [-0.15, -0.1) is 0 Å². The minimum absolute atomic E-state index is 0.222. The Morgan fingerprint density at radius 2 is 2.05 bits per heavy atom. The van der Waals surface area contributed by atoms with E-state index in [0.29, 0.717) is 28.7 Å². The summed E-state index contributed by atoms with van der Waals surface area (Å²) in [7, 11) is 0. The molecule has 0 radical (unpaired) electrons. The first-order valence-electron chi connectivity index (χ1n) is 6.84. The van der Waals surface area contributed by atoms with E-state index in [9.17, 15) is 5.26 Å². The molecule has 1 aromatic heterocycles. The van der Waals surface area contributed by atoms with Crippen LogP contribution in [-0.4, -0.2) is 11.8 Å². The summed E-state index contributed by atoms with van der Waals surface area (Å²) in [6.07, 6.45) is 3.01. The van der Waals surface area contributed by atoms with Crippen LogP contribution in [0.15, 0.2) is 24.3 Å². The molecule has 0 saturated heterocycles. The average molecular weight is 280 g/mol. The van der Waals surface area contributed by atoms with Gasteiger partial charge in [0.15, 0.2) is 11.5 Å². The predicted molar refractivity (Wildman–Crippen MR) is 73.6 cm³/mol. The van der Waals surface area contributed by atoms with Crippen LogP contribution in [0.25, 0.3) is 0 Å². The van der Waals surface area contributed by atoms with Gasteiger partial charge in [-0.3, -0.25) is 0 Å². The summed E-state index contributed by atoms with van der Waals surface area (Å²) in [6, 6.07) is 9.36. The zero-order valence-corrected chi connectivity index (χ0v) is 11.3. The molecule has 0 spiro atoms. The van der Waals surface area contributed by atoms with Gasteiger partial charge >= 0.3 is 0 Å². The van der Waals surface area contributed by atoms with Crippen molar-refractivity contribution in [3.8, 4) is 29.2 Å². The van der Waals surface area contributed by atoms with E-state index in [-0.39, 0.29) is 6.79 Å². The van der Waals surface area contributed by atoms with Crippen LogP contribution < -0.4 is 14.2 Å². The first kappa shape index (κ1) is 12.0. The van der Waals surface area contributed by atoms with E-state index >= 15 is 0 Å². The fourth-order valence-electron chi connectivity index (χ4n) is 2.66. The summed E-state index contributed by atoms with van der Waals surface area (Å²) in [5.41, 5.74) is 2.66. The summed E-state index contributed by atoms with van der Waals surface area (Å²) >= 11 is 0. The number of ether oxygens (including phenoxy) is 3. The van der Waals surface area contributed by atoms with Crippen LogP contribution in [-0.2, 0) is 12.8 Å². The molecular weight excluding hydrogens is 268 g/mol. The molecule has 1 aliphatic carbocycles. The lowest BCUT2D eigenvalue weighted by molar-refractivity contribution is 0.174. The topological polar surface area (TPSA) is 64.4 Å². The maximum Gasteiger partial charge on any atom is 0.237 e. The van der Waals surface area contributed by atoms with Gasteiger partial charge < -0.3 is 14.2 Å². The van der Waals surface area contributed by atoms with Gasteiger partial charge in [0.05, 0.1) is 0 Å². The highest BCUT2D eigenvalue weighted by Crippen LogP contribution is 2.37. The number of pyridine rings is 1. The molecule has 2 aromatic rings. The third-order valence-corrected chi connectivity index (χ3v) is 3.69. The van der Waals surface area contributed by atoms with Crippen molar-refractivity contribution in [1.82, 2.24) is 4.98 Å².